The average Bonchev–Trinajstić information content (AvgIpc) is 3.30. The van der Waals surface area contributed by atoms with Crippen LogP contribution in [0.5, 0.6) is 0 Å². The van der Waals surface area contributed by atoms with E-state index in [1.807, 2.05) is 30.3 Å². The molecule has 0 aliphatic carbocycles. The zero-order valence-electron chi connectivity index (χ0n) is 14.5. The van der Waals surface area contributed by atoms with Crippen molar-refractivity contribution in [2.45, 2.75) is 23.8 Å². The van der Waals surface area contributed by atoms with Crippen molar-refractivity contribution in [3.63, 3.8) is 0 Å². The van der Waals surface area contributed by atoms with Gasteiger partial charge < -0.3 is 10.5 Å². The largest absolute Gasteiger partial charge is 0.379 e. The Bertz CT molecular complexity index is 776. The Labute approximate surface area is 160 Å². The molecular formula is C17H25ClN4O3S. The molecule has 1 aromatic heterocycles. The van der Waals surface area contributed by atoms with Gasteiger partial charge in [0.05, 0.1) is 18.8 Å². The first-order valence-electron chi connectivity index (χ1n) is 8.47. The molecular weight excluding hydrogens is 376 g/mol. The van der Waals surface area contributed by atoms with Crippen LogP contribution in [-0.4, -0.2) is 55.4 Å². The highest BCUT2D eigenvalue weighted by atomic mass is 35.5. The van der Waals surface area contributed by atoms with Crippen molar-refractivity contribution >= 4 is 22.4 Å². The lowest BCUT2D eigenvalue weighted by Crippen LogP contribution is -2.36. The zero-order chi connectivity index (χ0) is 17.7. The van der Waals surface area contributed by atoms with Crippen LogP contribution in [0, 0.1) is 0 Å². The number of hydrogen-bond acceptors (Lipinski definition) is 5. The number of sulfonamides is 1. The number of hydrogen-bond donors (Lipinski definition) is 1. The van der Waals surface area contributed by atoms with Gasteiger partial charge in [-0.1, -0.05) is 30.3 Å². The Hall–Kier alpha value is -1.45. The highest BCUT2D eigenvalue weighted by molar-refractivity contribution is 7.89. The van der Waals surface area contributed by atoms with Gasteiger partial charge >= 0.3 is 0 Å². The predicted molar refractivity (Wildman–Crippen MR) is 102 cm³/mol. The SMILES string of the molecule is Cl.NCCN(CCc1ccccc1)S(=O)(=O)c1cnn(C2CCOC2)c1. The van der Waals surface area contributed by atoms with Crippen LogP contribution in [0.2, 0.25) is 0 Å². The Kier molecular flexibility index (Phi) is 7.60. The van der Waals surface area contributed by atoms with Crippen molar-refractivity contribution in [3.8, 4) is 0 Å². The number of halogens is 1. The number of nitrogens with two attached hydrogens (primary N) is 1. The van der Waals surface area contributed by atoms with Crippen LogP contribution in [0.1, 0.15) is 18.0 Å². The second-order valence-corrected chi connectivity index (χ2v) is 8.04. The molecule has 1 aliphatic rings. The summed E-state index contributed by atoms with van der Waals surface area (Å²) in [6.07, 6.45) is 4.51. The minimum Gasteiger partial charge on any atom is -0.379 e. The van der Waals surface area contributed by atoms with E-state index in [1.165, 1.54) is 10.5 Å². The molecule has 2 heterocycles. The Morgan fingerprint density at radius 3 is 2.69 bits per heavy atom. The Balaban J connectivity index is 0.00000243. The summed E-state index contributed by atoms with van der Waals surface area (Å²) in [7, 11) is -3.61. The summed E-state index contributed by atoms with van der Waals surface area (Å²) < 4.78 is 34.4. The van der Waals surface area contributed by atoms with E-state index in [0.717, 1.165) is 12.0 Å². The summed E-state index contributed by atoms with van der Waals surface area (Å²) in [6, 6.07) is 9.93. The molecule has 1 aliphatic heterocycles. The smallest absolute Gasteiger partial charge is 0.246 e. The normalized spacial score (nSPS) is 17.4. The quantitative estimate of drug-likeness (QED) is 0.724. The van der Waals surface area contributed by atoms with Crippen LogP contribution in [0.15, 0.2) is 47.6 Å². The minimum absolute atomic E-state index is 0. The van der Waals surface area contributed by atoms with Crippen LogP contribution in [0.4, 0.5) is 0 Å². The maximum atomic E-state index is 13.0. The molecule has 0 amide bonds. The van der Waals surface area contributed by atoms with E-state index in [1.54, 1.807) is 10.9 Å². The molecule has 1 atom stereocenters. The molecule has 0 radical (unpaired) electrons. The van der Waals surface area contributed by atoms with Gasteiger partial charge in [-0.15, -0.1) is 12.4 Å². The lowest BCUT2D eigenvalue weighted by Gasteiger charge is -2.20. The third kappa shape index (κ3) is 4.83. The number of nitrogens with zero attached hydrogens (tertiary/aromatic N) is 3. The van der Waals surface area contributed by atoms with Gasteiger partial charge in [-0.3, -0.25) is 4.68 Å². The second-order valence-electron chi connectivity index (χ2n) is 6.10. The average molecular weight is 401 g/mol. The van der Waals surface area contributed by atoms with Gasteiger partial charge in [0.25, 0.3) is 0 Å². The Morgan fingerprint density at radius 2 is 2.04 bits per heavy atom. The fourth-order valence-corrected chi connectivity index (χ4v) is 4.33. The molecule has 0 spiro atoms. The molecule has 0 bridgehead atoms. The first-order chi connectivity index (χ1) is 12.1. The van der Waals surface area contributed by atoms with Gasteiger partial charge in [-0.25, -0.2) is 8.42 Å². The summed E-state index contributed by atoms with van der Waals surface area (Å²) in [5.74, 6) is 0. The van der Waals surface area contributed by atoms with E-state index < -0.39 is 10.0 Å². The molecule has 9 heteroatoms. The number of aromatic nitrogens is 2. The van der Waals surface area contributed by atoms with Gasteiger partial charge in [-0.2, -0.15) is 9.40 Å². The molecule has 1 saturated heterocycles. The number of rotatable bonds is 8. The molecule has 2 N–H and O–H groups in total. The van der Waals surface area contributed by atoms with Crippen molar-refractivity contribution in [2.75, 3.05) is 32.8 Å². The van der Waals surface area contributed by atoms with E-state index in [-0.39, 0.29) is 36.4 Å². The van der Waals surface area contributed by atoms with E-state index in [2.05, 4.69) is 5.10 Å². The Morgan fingerprint density at radius 1 is 1.27 bits per heavy atom. The van der Waals surface area contributed by atoms with Crippen LogP contribution < -0.4 is 5.73 Å². The highest BCUT2D eigenvalue weighted by Gasteiger charge is 2.27. The molecule has 1 unspecified atom stereocenters. The van der Waals surface area contributed by atoms with Gasteiger partial charge in [0.15, 0.2) is 0 Å². The molecule has 0 saturated carbocycles. The fraction of sp³-hybridized carbons (Fsp3) is 0.471. The van der Waals surface area contributed by atoms with Gasteiger partial charge in [0.2, 0.25) is 10.0 Å². The van der Waals surface area contributed by atoms with E-state index in [4.69, 9.17) is 10.5 Å². The van der Waals surface area contributed by atoms with Gasteiger partial charge in [-0.05, 0) is 18.4 Å². The predicted octanol–water partition coefficient (Wildman–Crippen LogP) is 1.46. The lowest BCUT2D eigenvalue weighted by atomic mass is 10.1. The van der Waals surface area contributed by atoms with E-state index in [0.29, 0.717) is 26.2 Å². The zero-order valence-corrected chi connectivity index (χ0v) is 16.2. The van der Waals surface area contributed by atoms with Crippen molar-refractivity contribution in [3.05, 3.63) is 48.3 Å². The third-order valence-electron chi connectivity index (χ3n) is 4.37. The van der Waals surface area contributed by atoms with Crippen molar-refractivity contribution in [2.24, 2.45) is 5.73 Å². The molecule has 2 aromatic rings. The summed E-state index contributed by atoms with van der Waals surface area (Å²) in [5.41, 5.74) is 6.73. The number of ether oxygens (including phenoxy) is 1. The molecule has 7 nitrogen and oxygen atoms in total. The molecule has 1 aromatic carbocycles. The third-order valence-corrected chi connectivity index (χ3v) is 6.22. The fourth-order valence-electron chi connectivity index (χ4n) is 2.93. The summed E-state index contributed by atoms with van der Waals surface area (Å²) >= 11 is 0. The first kappa shape index (κ1) is 20.9. The van der Waals surface area contributed by atoms with Crippen molar-refractivity contribution in [1.29, 1.82) is 0 Å². The maximum absolute atomic E-state index is 13.0. The number of benzene rings is 1. The van der Waals surface area contributed by atoms with E-state index >= 15 is 0 Å². The standard InChI is InChI=1S/C17H24N4O3S.ClH/c18-8-10-20(9-6-15-4-2-1-3-5-15)25(22,23)17-12-19-21(13-17)16-7-11-24-14-16;/h1-5,12-13,16H,6-11,14,18H2;1H. The van der Waals surface area contributed by atoms with Gasteiger partial charge in [0.1, 0.15) is 4.90 Å². The summed E-state index contributed by atoms with van der Waals surface area (Å²) in [5, 5.41) is 4.22. The molecule has 3 rings (SSSR count). The summed E-state index contributed by atoms with van der Waals surface area (Å²) in [4.78, 5) is 0.209. The molecule has 26 heavy (non-hydrogen) atoms. The van der Waals surface area contributed by atoms with Crippen LogP contribution in [-0.2, 0) is 21.2 Å². The van der Waals surface area contributed by atoms with Crippen molar-refractivity contribution in [1.82, 2.24) is 14.1 Å². The second kappa shape index (κ2) is 9.48. The topological polar surface area (TPSA) is 90.5 Å². The lowest BCUT2D eigenvalue weighted by molar-refractivity contribution is 0.184. The van der Waals surface area contributed by atoms with E-state index in [9.17, 15) is 8.42 Å². The highest BCUT2D eigenvalue weighted by Crippen LogP contribution is 2.21. The molecule has 1 fully saturated rings. The summed E-state index contributed by atoms with van der Waals surface area (Å²) in [6.45, 7) is 2.21. The van der Waals surface area contributed by atoms with Crippen LogP contribution in [0.3, 0.4) is 0 Å². The van der Waals surface area contributed by atoms with Crippen LogP contribution in [0.25, 0.3) is 0 Å². The minimum atomic E-state index is -3.61. The van der Waals surface area contributed by atoms with Crippen molar-refractivity contribution < 1.29 is 13.2 Å². The maximum Gasteiger partial charge on any atom is 0.246 e. The monoisotopic (exact) mass is 400 g/mol. The molecule has 144 valence electrons. The van der Waals surface area contributed by atoms with Gasteiger partial charge in [0, 0.05) is 32.4 Å². The van der Waals surface area contributed by atoms with Crippen LogP contribution >= 0.6 is 12.4 Å². The first-order valence-corrected chi connectivity index (χ1v) is 9.91.